The van der Waals surface area contributed by atoms with Crippen LogP contribution in [0.2, 0.25) is 0 Å². The lowest BCUT2D eigenvalue weighted by Gasteiger charge is -2.18. The predicted octanol–water partition coefficient (Wildman–Crippen LogP) is 1.93. The van der Waals surface area contributed by atoms with Gasteiger partial charge in [0, 0.05) is 25.2 Å². The van der Waals surface area contributed by atoms with Gasteiger partial charge in [-0.15, -0.1) is 0 Å². The zero-order valence-electron chi connectivity index (χ0n) is 15.1. The lowest BCUT2D eigenvalue weighted by Crippen LogP contribution is -2.28. The van der Waals surface area contributed by atoms with Crippen molar-refractivity contribution in [2.45, 2.75) is 0 Å². The van der Waals surface area contributed by atoms with Crippen LogP contribution < -0.4 is 9.47 Å². The molecule has 0 saturated heterocycles. The molecule has 2 aromatic rings. The van der Waals surface area contributed by atoms with Crippen LogP contribution in [0.15, 0.2) is 42.5 Å². The van der Waals surface area contributed by atoms with Crippen LogP contribution in [0.4, 0.5) is 0 Å². The van der Waals surface area contributed by atoms with Gasteiger partial charge < -0.3 is 19.1 Å². The molecule has 0 atom stereocenters. The molecule has 0 aliphatic carbocycles. The van der Waals surface area contributed by atoms with E-state index in [9.17, 15) is 14.4 Å². The van der Waals surface area contributed by atoms with E-state index in [1.165, 1.54) is 11.0 Å². The summed E-state index contributed by atoms with van der Waals surface area (Å²) in [5, 5.41) is 0. The Hall–Kier alpha value is -3.35. The second-order valence-corrected chi connectivity index (χ2v) is 6.10. The molecule has 0 fully saturated rings. The largest absolute Gasteiger partial charge is 0.486 e. The molecule has 140 valence electrons. The highest BCUT2D eigenvalue weighted by atomic mass is 16.6. The number of fused-ring (bicyclic) bond motifs is 1. The van der Waals surface area contributed by atoms with Crippen LogP contribution in [-0.4, -0.2) is 56.5 Å². The molecule has 27 heavy (non-hydrogen) atoms. The number of ether oxygens (including phenoxy) is 3. The molecule has 2 aromatic carbocycles. The second-order valence-electron chi connectivity index (χ2n) is 6.10. The lowest BCUT2D eigenvalue weighted by molar-refractivity contribution is -0.131. The first kappa shape index (κ1) is 18.4. The molecule has 0 saturated carbocycles. The molecule has 7 nitrogen and oxygen atoms in total. The quantitative estimate of drug-likeness (QED) is 0.592. The maximum absolute atomic E-state index is 12.9. The van der Waals surface area contributed by atoms with E-state index in [2.05, 4.69) is 0 Å². The van der Waals surface area contributed by atoms with Crippen LogP contribution >= 0.6 is 0 Å². The summed E-state index contributed by atoms with van der Waals surface area (Å²) in [7, 11) is 3.13. The van der Waals surface area contributed by atoms with Crippen LogP contribution in [-0.2, 0) is 9.53 Å². The van der Waals surface area contributed by atoms with Crippen LogP contribution in [0.5, 0.6) is 11.5 Å². The van der Waals surface area contributed by atoms with E-state index in [1.54, 1.807) is 50.5 Å². The van der Waals surface area contributed by atoms with Gasteiger partial charge >= 0.3 is 5.97 Å². The second kappa shape index (κ2) is 7.90. The highest BCUT2D eigenvalue weighted by Gasteiger charge is 2.22. The van der Waals surface area contributed by atoms with Crippen molar-refractivity contribution < 1.29 is 28.6 Å². The number of amides is 1. The third kappa shape index (κ3) is 4.08. The topological polar surface area (TPSA) is 82.1 Å². The van der Waals surface area contributed by atoms with Gasteiger partial charge in [0.05, 0.1) is 5.56 Å². The van der Waals surface area contributed by atoms with Crippen LogP contribution in [0.3, 0.4) is 0 Å². The van der Waals surface area contributed by atoms with E-state index in [-0.39, 0.29) is 22.8 Å². The minimum Gasteiger partial charge on any atom is -0.486 e. The van der Waals surface area contributed by atoms with Crippen molar-refractivity contribution in [2.24, 2.45) is 0 Å². The number of rotatable bonds is 5. The number of esters is 1. The first-order chi connectivity index (χ1) is 13.0. The molecule has 3 rings (SSSR count). The molecule has 1 heterocycles. The molecular formula is C20H19NO6. The van der Waals surface area contributed by atoms with E-state index in [0.29, 0.717) is 30.3 Å². The monoisotopic (exact) mass is 369 g/mol. The van der Waals surface area contributed by atoms with Gasteiger partial charge in [-0.05, 0) is 24.3 Å². The first-order valence-corrected chi connectivity index (χ1v) is 8.38. The SMILES string of the molecule is CN(C)C(=O)COC(=O)c1ccccc1C(=O)c1ccc2c(c1)OCCO2. The number of likely N-dealkylation sites (N-methyl/N-ethyl adjacent to an activating group) is 1. The molecule has 0 bridgehead atoms. The smallest absolute Gasteiger partial charge is 0.339 e. The highest BCUT2D eigenvalue weighted by molar-refractivity contribution is 6.14. The Balaban J connectivity index is 1.84. The maximum atomic E-state index is 12.9. The Kier molecular flexibility index (Phi) is 5.40. The molecule has 0 radical (unpaired) electrons. The minimum absolute atomic E-state index is 0.101. The third-order valence-electron chi connectivity index (χ3n) is 4.02. The fourth-order valence-corrected chi connectivity index (χ4v) is 2.53. The van der Waals surface area contributed by atoms with Crippen molar-refractivity contribution in [1.29, 1.82) is 0 Å². The summed E-state index contributed by atoms with van der Waals surface area (Å²) < 4.78 is 16.0. The summed E-state index contributed by atoms with van der Waals surface area (Å²) in [4.78, 5) is 38.2. The van der Waals surface area contributed by atoms with E-state index >= 15 is 0 Å². The Morgan fingerprint density at radius 3 is 2.33 bits per heavy atom. The third-order valence-corrected chi connectivity index (χ3v) is 4.02. The zero-order valence-corrected chi connectivity index (χ0v) is 15.1. The number of carbonyl (C=O) groups excluding carboxylic acids is 3. The van der Waals surface area contributed by atoms with Gasteiger partial charge in [-0.3, -0.25) is 9.59 Å². The minimum atomic E-state index is -0.730. The summed E-state index contributed by atoms with van der Waals surface area (Å²) in [6.07, 6.45) is 0. The number of ketones is 1. The van der Waals surface area contributed by atoms with Crippen LogP contribution in [0.1, 0.15) is 26.3 Å². The molecule has 1 aliphatic heterocycles. The first-order valence-electron chi connectivity index (χ1n) is 8.38. The molecule has 0 unspecified atom stereocenters. The number of hydrogen-bond donors (Lipinski definition) is 0. The zero-order chi connectivity index (χ0) is 19.4. The van der Waals surface area contributed by atoms with Crippen LogP contribution in [0, 0.1) is 0 Å². The Labute approximate surface area is 156 Å². The summed E-state index contributed by atoms with van der Waals surface area (Å²) in [5.74, 6) is -0.361. The van der Waals surface area contributed by atoms with E-state index < -0.39 is 12.6 Å². The van der Waals surface area contributed by atoms with Gasteiger partial charge in [0.2, 0.25) is 0 Å². The molecule has 0 spiro atoms. The molecule has 0 aromatic heterocycles. The summed E-state index contributed by atoms with van der Waals surface area (Å²) >= 11 is 0. The summed E-state index contributed by atoms with van der Waals surface area (Å²) in [6, 6.07) is 11.2. The van der Waals surface area contributed by atoms with Crippen molar-refractivity contribution in [3.05, 3.63) is 59.2 Å². The summed E-state index contributed by atoms with van der Waals surface area (Å²) in [5.41, 5.74) is 0.657. The Bertz CT molecular complexity index is 890. The number of benzene rings is 2. The molecule has 7 heteroatoms. The maximum Gasteiger partial charge on any atom is 0.339 e. The van der Waals surface area contributed by atoms with Gasteiger partial charge in [0.25, 0.3) is 5.91 Å². The Morgan fingerprint density at radius 1 is 0.963 bits per heavy atom. The normalized spacial score (nSPS) is 12.2. The number of nitrogens with zero attached hydrogens (tertiary/aromatic N) is 1. The highest BCUT2D eigenvalue weighted by Crippen LogP contribution is 2.31. The van der Waals surface area contributed by atoms with E-state index in [4.69, 9.17) is 14.2 Å². The fraction of sp³-hybridized carbons (Fsp3) is 0.250. The molecular weight excluding hydrogens is 350 g/mol. The van der Waals surface area contributed by atoms with Crippen LogP contribution in [0.25, 0.3) is 0 Å². The lowest BCUT2D eigenvalue weighted by atomic mass is 9.98. The standard InChI is InChI=1S/C20H19NO6/c1-21(2)18(22)12-27-20(24)15-6-4-3-5-14(15)19(23)13-7-8-16-17(11-13)26-10-9-25-16/h3-8,11H,9-10,12H2,1-2H3. The number of hydrogen-bond acceptors (Lipinski definition) is 6. The van der Waals surface area contributed by atoms with Gasteiger partial charge in [-0.2, -0.15) is 0 Å². The Morgan fingerprint density at radius 2 is 1.63 bits per heavy atom. The molecule has 1 aliphatic rings. The summed E-state index contributed by atoms with van der Waals surface area (Å²) in [6.45, 7) is 0.479. The van der Waals surface area contributed by atoms with Crippen molar-refractivity contribution in [2.75, 3.05) is 33.9 Å². The molecule has 1 amide bonds. The average Bonchev–Trinajstić information content (AvgIpc) is 2.70. The van der Waals surface area contributed by atoms with Crippen molar-refractivity contribution in [3.8, 4) is 11.5 Å². The molecule has 0 N–H and O–H groups in total. The van der Waals surface area contributed by atoms with E-state index in [0.717, 1.165) is 0 Å². The van der Waals surface area contributed by atoms with Gasteiger partial charge in [0.1, 0.15) is 13.2 Å². The number of carbonyl (C=O) groups is 3. The van der Waals surface area contributed by atoms with E-state index in [1.807, 2.05) is 0 Å². The predicted molar refractivity (Wildman–Crippen MR) is 96.3 cm³/mol. The van der Waals surface area contributed by atoms with Gasteiger partial charge in [0.15, 0.2) is 23.9 Å². The van der Waals surface area contributed by atoms with Crippen molar-refractivity contribution >= 4 is 17.7 Å². The van der Waals surface area contributed by atoms with Gasteiger partial charge in [-0.1, -0.05) is 18.2 Å². The van der Waals surface area contributed by atoms with Crippen molar-refractivity contribution in [1.82, 2.24) is 4.90 Å². The fourth-order valence-electron chi connectivity index (χ4n) is 2.53. The van der Waals surface area contributed by atoms with Crippen molar-refractivity contribution in [3.63, 3.8) is 0 Å². The average molecular weight is 369 g/mol. The van der Waals surface area contributed by atoms with Gasteiger partial charge in [-0.25, -0.2) is 4.79 Å².